The van der Waals surface area contributed by atoms with Crippen LogP contribution in [0.2, 0.25) is 0 Å². The van der Waals surface area contributed by atoms with Crippen LogP contribution in [0.5, 0.6) is 0 Å². The summed E-state index contributed by atoms with van der Waals surface area (Å²) in [6.07, 6.45) is 3.32. The van der Waals surface area contributed by atoms with Crippen LogP contribution in [0.3, 0.4) is 0 Å². The van der Waals surface area contributed by atoms with Gasteiger partial charge in [-0.15, -0.1) is 0 Å². The van der Waals surface area contributed by atoms with Gasteiger partial charge in [-0.1, -0.05) is 71.9 Å². The van der Waals surface area contributed by atoms with Crippen LogP contribution in [0.15, 0.2) is 83.4 Å². The molecule has 1 fully saturated rings. The van der Waals surface area contributed by atoms with Gasteiger partial charge < -0.3 is 14.2 Å². The zero-order valence-corrected chi connectivity index (χ0v) is 19.9. The van der Waals surface area contributed by atoms with Crippen molar-refractivity contribution in [2.45, 2.75) is 32.8 Å². The smallest absolute Gasteiger partial charge is 0.412 e. The van der Waals surface area contributed by atoms with Crippen LogP contribution in [-0.4, -0.2) is 24.3 Å². The van der Waals surface area contributed by atoms with Crippen LogP contribution in [0.25, 0.3) is 22.5 Å². The van der Waals surface area contributed by atoms with Crippen molar-refractivity contribution in [3.05, 3.63) is 90.1 Å². The molecule has 0 radical (unpaired) electrons. The summed E-state index contributed by atoms with van der Waals surface area (Å²) in [5.41, 5.74) is 6.43. The number of ether oxygens (including phenoxy) is 1. The van der Waals surface area contributed by atoms with Crippen LogP contribution in [0, 0.1) is 6.92 Å². The molecular weight excluding hydrogens is 438 g/mol. The molecule has 6 nitrogen and oxygen atoms in total. The third-order valence-corrected chi connectivity index (χ3v) is 6.37. The van der Waals surface area contributed by atoms with Gasteiger partial charge in [0.25, 0.3) is 0 Å². The number of rotatable bonds is 6. The molecule has 1 aromatic heterocycles. The Balaban J connectivity index is 1.27. The fourth-order valence-electron chi connectivity index (χ4n) is 4.41. The molecule has 4 aromatic rings. The Labute approximate surface area is 205 Å². The highest BCUT2D eigenvalue weighted by Crippen LogP contribution is 2.33. The summed E-state index contributed by atoms with van der Waals surface area (Å²) in [4.78, 5) is 14.9. The fourth-order valence-corrected chi connectivity index (χ4v) is 4.41. The zero-order valence-electron chi connectivity index (χ0n) is 19.9. The summed E-state index contributed by atoms with van der Waals surface area (Å²) in [6.45, 7) is 4.26. The average Bonchev–Trinajstić information content (AvgIpc) is 3.28. The molecular formula is C29H29N3O3. The van der Waals surface area contributed by atoms with Crippen molar-refractivity contribution in [3.63, 3.8) is 0 Å². The van der Waals surface area contributed by atoms with E-state index in [4.69, 9.17) is 9.26 Å². The highest BCUT2D eigenvalue weighted by atomic mass is 16.5. The zero-order chi connectivity index (χ0) is 24.0. The summed E-state index contributed by atoms with van der Waals surface area (Å²) >= 11 is 0. The predicted octanol–water partition coefficient (Wildman–Crippen LogP) is 7.06. The first-order valence-electron chi connectivity index (χ1n) is 12.1. The molecule has 1 aliphatic heterocycles. The number of aromatic nitrogens is 1. The van der Waals surface area contributed by atoms with E-state index in [9.17, 15) is 4.79 Å². The lowest BCUT2D eigenvalue weighted by Crippen LogP contribution is -2.29. The monoisotopic (exact) mass is 467 g/mol. The molecule has 0 aliphatic carbocycles. The molecule has 1 N–H and O–H groups in total. The molecule has 6 heteroatoms. The number of amides is 1. The van der Waals surface area contributed by atoms with Crippen molar-refractivity contribution in [1.29, 1.82) is 0 Å². The van der Waals surface area contributed by atoms with Gasteiger partial charge >= 0.3 is 6.09 Å². The average molecular weight is 468 g/mol. The predicted molar refractivity (Wildman–Crippen MR) is 138 cm³/mol. The number of anilines is 2. The number of nitrogens with one attached hydrogen (secondary N) is 1. The quantitative estimate of drug-likeness (QED) is 0.329. The van der Waals surface area contributed by atoms with Gasteiger partial charge in [0.2, 0.25) is 0 Å². The number of carbonyl (C=O) groups excluding carboxylic acids is 1. The van der Waals surface area contributed by atoms with Crippen LogP contribution < -0.4 is 10.2 Å². The molecule has 178 valence electrons. The molecule has 0 unspecified atom stereocenters. The van der Waals surface area contributed by atoms with E-state index < -0.39 is 6.09 Å². The van der Waals surface area contributed by atoms with Crippen LogP contribution in [-0.2, 0) is 11.3 Å². The van der Waals surface area contributed by atoms with Crippen molar-refractivity contribution >= 4 is 17.5 Å². The normalized spacial score (nSPS) is 13.5. The van der Waals surface area contributed by atoms with E-state index in [-0.39, 0.29) is 6.61 Å². The van der Waals surface area contributed by atoms with E-state index in [1.807, 2.05) is 42.5 Å². The summed E-state index contributed by atoms with van der Waals surface area (Å²) < 4.78 is 10.9. The van der Waals surface area contributed by atoms with Crippen molar-refractivity contribution in [3.8, 4) is 22.5 Å². The highest BCUT2D eigenvalue weighted by Gasteiger charge is 2.18. The molecule has 0 atom stereocenters. The Kier molecular flexibility index (Phi) is 6.80. The standard InChI is InChI=1S/C29H29N3O3/c1-21-27(30-29(33)34-20-22-8-4-2-5-9-22)28(35-31-21)25-12-10-23(11-13-25)24-14-16-26(17-15-24)32-18-6-3-7-19-32/h2,4-5,8-17H,3,6-7,18-20H2,1H3,(H,30,33). The molecule has 0 saturated carbocycles. The van der Waals surface area contributed by atoms with Crippen LogP contribution in [0.4, 0.5) is 16.2 Å². The Hall–Kier alpha value is -4.06. The maximum absolute atomic E-state index is 12.4. The fraction of sp³-hybridized carbons (Fsp3) is 0.241. The third kappa shape index (κ3) is 5.38. The molecule has 1 amide bonds. The number of benzene rings is 3. The van der Waals surface area contributed by atoms with Gasteiger partial charge in [-0.3, -0.25) is 5.32 Å². The van der Waals surface area contributed by atoms with Crippen LogP contribution in [0.1, 0.15) is 30.5 Å². The number of hydrogen-bond donors (Lipinski definition) is 1. The molecule has 5 rings (SSSR count). The number of aryl methyl sites for hydroxylation is 1. The number of piperidine rings is 1. The summed E-state index contributed by atoms with van der Waals surface area (Å²) in [5, 5.41) is 6.84. The minimum absolute atomic E-state index is 0.192. The lowest BCUT2D eigenvalue weighted by Gasteiger charge is -2.28. The third-order valence-electron chi connectivity index (χ3n) is 6.37. The van der Waals surface area contributed by atoms with Crippen molar-refractivity contribution in [2.75, 3.05) is 23.3 Å². The van der Waals surface area contributed by atoms with Gasteiger partial charge in [0.1, 0.15) is 18.0 Å². The Morgan fingerprint density at radius 1 is 0.886 bits per heavy atom. The maximum Gasteiger partial charge on any atom is 0.412 e. The van der Waals surface area contributed by atoms with E-state index >= 15 is 0 Å². The van der Waals surface area contributed by atoms with E-state index in [1.165, 1.54) is 24.9 Å². The molecule has 1 aliphatic rings. The first-order chi connectivity index (χ1) is 17.2. The molecule has 0 spiro atoms. The summed E-state index contributed by atoms with van der Waals surface area (Å²) in [5.74, 6) is 0.506. The van der Waals surface area contributed by atoms with E-state index in [2.05, 4.69) is 51.8 Å². The van der Waals surface area contributed by atoms with Crippen molar-refractivity contribution in [1.82, 2.24) is 5.16 Å². The Bertz CT molecular complexity index is 1260. The highest BCUT2D eigenvalue weighted by molar-refractivity contribution is 5.91. The summed E-state index contributed by atoms with van der Waals surface area (Å²) in [7, 11) is 0. The van der Waals surface area contributed by atoms with Gasteiger partial charge in [-0.05, 0) is 55.0 Å². The van der Waals surface area contributed by atoms with E-state index in [0.717, 1.165) is 35.3 Å². The molecule has 3 aromatic carbocycles. The minimum atomic E-state index is -0.549. The minimum Gasteiger partial charge on any atom is -0.444 e. The summed E-state index contributed by atoms with van der Waals surface area (Å²) in [6, 6.07) is 26.4. The van der Waals surface area contributed by atoms with Gasteiger partial charge in [0, 0.05) is 24.3 Å². The van der Waals surface area contributed by atoms with Gasteiger partial charge in [0.05, 0.1) is 0 Å². The number of carbonyl (C=O) groups is 1. The lowest BCUT2D eigenvalue weighted by molar-refractivity contribution is 0.155. The Morgan fingerprint density at radius 3 is 2.20 bits per heavy atom. The second kappa shape index (κ2) is 10.5. The van der Waals surface area contributed by atoms with Gasteiger partial charge in [0.15, 0.2) is 5.76 Å². The molecule has 1 saturated heterocycles. The molecule has 2 heterocycles. The van der Waals surface area contributed by atoms with E-state index in [1.54, 1.807) is 6.92 Å². The first-order valence-corrected chi connectivity index (χ1v) is 12.1. The Morgan fingerprint density at radius 2 is 1.51 bits per heavy atom. The largest absolute Gasteiger partial charge is 0.444 e. The second-order valence-electron chi connectivity index (χ2n) is 8.83. The van der Waals surface area contributed by atoms with Crippen molar-refractivity contribution < 1.29 is 14.1 Å². The molecule has 0 bridgehead atoms. The lowest BCUT2D eigenvalue weighted by atomic mass is 10.0. The maximum atomic E-state index is 12.4. The van der Waals surface area contributed by atoms with Crippen molar-refractivity contribution in [2.24, 2.45) is 0 Å². The first kappa shape index (κ1) is 22.7. The van der Waals surface area contributed by atoms with Crippen LogP contribution >= 0.6 is 0 Å². The topological polar surface area (TPSA) is 67.6 Å². The molecule has 35 heavy (non-hydrogen) atoms. The van der Waals surface area contributed by atoms with Gasteiger partial charge in [-0.2, -0.15) is 0 Å². The number of hydrogen-bond acceptors (Lipinski definition) is 5. The second-order valence-corrected chi connectivity index (χ2v) is 8.83. The van der Waals surface area contributed by atoms with Gasteiger partial charge in [-0.25, -0.2) is 4.79 Å². The SMILES string of the molecule is Cc1noc(-c2ccc(-c3ccc(N4CCCCC4)cc3)cc2)c1NC(=O)OCc1ccccc1. The number of nitrogens with zero attached hydrogens (tertiary/aromatic N) is 2. The van der Waals surface area contributed by atoms with E-state index in [0.29, 0.717) is 17.1 Å².